The van der Waals surface area contributed by atoms with Crippen LogP contribution < -0.4 is 5.73 Å². The van der Waals surface area contributed by atoms with Gasteiger partial charge in [-0.2, -0.15) is 0 Å². The van der Waals surface area contributed by atoms with E-state index in [-0.39, 0.29) is 12.4 Å². The first kappa shape index (κ1) is 14.3. The van der Waals surface area contributed by atoms with Gasteiger partial charge in [-0.15, -0.1) is 23.7 Å². The lowest BCUT2D eigenvalue weighted by Crippen LogP contribution is -2.31. The van der Waals surface area contributed by atoms with Crippen molar-refractivity contribution in [1.82, 2.24) is 9.88 Å². The first-order chi connectivity index (χ1) is 8.18. The molecule has 2 N–H and O–H groups in total. The van der Waals surface area contributed by atoms with E-state index in [0.717, 1.165) is 25.6 Å². The van der Waals surface area contributed by atoms with Gasteiger partial charge in [0.05, 0.1) is 10.7 Å². The summed E-state index contributed by atoms with van der Waals surface area (Å²) in [5, 5.41) is 3.60. The fourth-order valence-corrected chi connectivity index (χ4v) is 3.55. The summed E-state index contributed by atoms with van der Waals surface area (Å²) in [4.78, 5) is 7.25. The summed E-state index contributed by atoms with van der Waals surface area (Å²) < 4.78 is 0. The lowest BCUT2D eigenvalue weighted by molar-refractivity contribution is 0.272. The molecule has 1 aliphatic carbocycles. The van der Waals surface area contributed by atoms with E-state index in [0.29, 0.717) is 5.41 Å². The van der Waals surface area contributed by atoms with Crippen LogP contribution in [0, 0.1) is 5.41 Å². The van der Waals surface area contributed by atoms with E-state index in [9.17, 15) is 0 Å². The molecule has 3 nitrogen and oxygen atoms in total. The van der Waals surface area contributed by atoms with Gasteiger partial charge in [0.25, 0.3) is 0 Å². The van der Waals surface area contributed by atoms with Gasteiger partial charge in [0.1, 0.15) is 0 Å². The Bertz CT molecular complexity index is 405. The summed E-state index contributed by atoms with van der Waals surface area (Å²) in [6, 6.07) is 0. The Morgan fingerprint density at radius 2 is 2.33 bits per heavy atom. The molecule has 0 amide bonds. The second kappa shape index (κ2) is 5.45. The van der Waals surface area contributed by atoms with Crippen LogP contribution in [0.25, 0.3) is 0 Å². The first-order valence-corrected chi connectivity index (χ1v) is 7.43. The Hall–Kier alpha value is -0.160. The zero-order chi connectivity index (χ0) is 11.9. The fourth-order valence-electron chi connectivity index (χ4n) is 2.57. The molecule has 3 rings (SSSR count). The number of aromatic nitrogens is 1. The molecule has 1 unspecified atom stereocenters. The van der Waals surface area contributed by atoms with Crippen molar-refractivity contribution in [1.29, 1.82) is 0 Å². The van der Waals surface area contributed by atoms with Gasteiger partial charge in [-0.05, 0) is 37.8 Å². The summed E-state index contributed by atoms with van der Waals surface area (Å²) >= 11 is 1.85. The van der Waals surface area contributed by atoms with Gasteiger partial charge in [-0.1, -0.05) is 6.92 Å². The van der Waals surface area contributed by atoms with Crippen molar-refractivity contribution >= 4 is 23.7 Å². The lowest BCUT2D eigenvalue weighted by Gasteiger charge is -2.22. The predicted molar refractivity (Wildman–Crippen MR) is 78.4 cm³/mol. The molecule has 1 saturated heterocycles. The predicted octanol–water partition coefficient (Wildman–Crippen LogP) is 2.61. The summed E-state index contributed by atoms with van der Waals surface area (Å²) in [5.41, 5.74) is 7.43. The Morgan fingerprint density at radius 1 is 1.56 bits per heavy atom. The molecule has 102 valence electrons. The van der Waals surface area contributed by atoms with Crippen molar-refractivity contribution in [3.05, 3.63) is 16.1 Å². The maximum Gasteiger partial charge on any atom is 0.0959 e. The maximum atomic E-state index is 5.84. The molecule has 5 heteroatoms. The van der Waals surface area contributed by atoms with Gasteiger partial charge in [-0.3, -0.25) is 4.90 Å². The molecule has 2 fully saturated rings. The minimum absolute atomic E-state index is 0. The monoisotopic (exact) mass is 287 g/mol. The fraction of sp³-hybridized carbons (Fsp3) is 0.769. The van der Waals surface area contributed by atoms with Crippen LogP contribution in [-0.4, -0.2) is 29.5 Å². The highest BCUT2D eigenvalue weighted by molar-refractivity contribution is 7.09. The smallest absolute Gasteiger partial charge is 0.0959 e. The minimum Gasteiger partial charge on any atom is -0.330 e. The molecule has 0 aromatic carbocycles. The number of nitrogens with zero attached hydrogens (tertiary/aromatic N) is 2. The van der Waals surface area contributed by atoms with Crippen LogP contribution >= 0.6 is 23.7 Å². The molecular weight excluding hydrogens is 266 g/mol. The topological polar surface area (TPSA) is 42.1 Å². The van der Waals surface area contributed by atoms with Crippen LogP contribution in [0.5, 0.6) is 0 Å². The maximum absolute atomic E-state index is 5.84. The number of likely N-dealkylation sites (tertiary alicyclic amines) is 1. The molecule has 1 saturated carbocycles. The van der Waals surface area contributed by atoms with Crippen LogP contribution in [0.15, 0.2) is 5.38 Å². The third-order valence-corrected chi connectivity index (χ3v) is 5.07. The average Bonchev–Trinajstić information content (AvgIpc) is 2.97. The van der Waals surface area contributed by atoms with Gasteiger partial charge in [0.2, 0.25) is 0 Å². The van der Waals surface area contributed by atoms with E-state index in [1.54, 1.807) is 0 Å². The molecule has 1 aromatic heterocycles. The molecule has 2 aliphatic rings. The summed E-state index contributed by atoms with van der Waals surface area (Å²) in [6.45, 7) is 6.40. The zero-order valence-corrected chi connectivity index (χ0v) is 12.5. The number of nitrogens with two attached hydrogens (primary N) is 1. The molecule has 1 aliphatic heterocycles. The number of hydrogen-bond donors (Lipinski definition) is 1. The highest BCUT2D eigenvalue weighted by Crippen LogP contribution is 2.41. The highest BCUT2D eigenvalue weighted by atomic mass is 35.5. The Labute approximate surface area is 119 Å². The van der Waals surface area contributed by atoms with Crippen molar-refractivity contribution < 1.29 is 0 Å². The SMILES string of the molecule is CC1(CN)CCN(Cc2csc(C3CC3)n2)C1.Cl. The molecule has 0 radical (unpaired) electrons. The van der Waals surface area contributed by atoms with Crippen molar-refractivity contribution in [3.8, 4) is 0 Å². The van der Waals surface area contributed by atoms with Gasteiger partial charge in [-0.25, -0.2) is 4.98 Å². The quantitative estimate of drug-likeness (QED) is 0.926. The van der Waals surface area contributed by atoms with Crippen molar-refractivity contribution in [2.45, 2.75) is 38.6 Å². The Kier molecular flexibility index (Phi) is 4.32. The standard InChI is InChI=1S/C13H21N3S.ClH/c1-13(8-14)4-5-16(9-13)6-11-7-17-12(15-11)10-2-3-10;/h7,10H,2-6,8-9,14H2,1H3;1H. The van der Waals surface area contributed by atoms with E-state index in [1.807, 2.05) is 11.3 Å². The summed E-state index contributed by atoms with van der Waals surface area (Å²) in [6.07, 6.45) is 3.92. The first-order valence-electron chi connectivity index (χ1n) is 6.55. The van der Waals surface area contributed by atoms with E-state index >= 15 is 0 Å². The molecule has 2 heterocycles. The van der Waals surface area contributed by atoms with Crippen molar-refractivity contribution in [3.63, 3.8) is 0 Å². The van der Waals surface area contributed by atoms with Gasteiger partial charge in [0.15, 0.2) is 0 Å². The van der Waals surface area contributed by atoms with Crippen LogP contribution in [-0.2, 0) is 6.54 Å². The number of thiazole rings is 1. The molecule has 0 bridgehead atoms. The van der Waals surface area contributed by atoms with Crippen molar-refractivity contribution in [2.24, 2.45) is 11.1 Å². The molecule has 1 aromatic rings. The van der Waals surface area contributed by atoms with Crippen LogP contribution in [0.4, 0.5) is 0 Å². The van der Waals surface area contributed by atoms with E-state index < -0.39 is 0 Å². The molecule has 1 atom stereocenters. The molecule has 18 heavy (non-hydrogen) atoms. The van der Waals surface area contributed by atoms with Crippen LogP contribution in [0.2, 0.25) is 0 Å². The lowest BCUT2D eigenvalue weighted by atomic mass is 9.90. The van der Waals surface area contributed by atoms with Crippen LogP contribution in [0.3, 0.4) is 0 Å². The minimum atomic E-state index is 0. The van der Waals surface area contributed by atoms with Gasteiger partial charge >= 0.3 is 0 Å². The number of halogens is 1. The molecule has 0 spiro atoms. The third-order valence-electron chi connectivity index (χ3n) is 4.01. The van der Waals surface area contributed by atoms with Gasteiger partial charge in [0, 0.05) is 24.4 Å². The average molecular weight is 288 g/mol. The summed E-state index contributed by atoms with van der Waals surface area (Å²) in [5.74, 6) is 0.793. The normalized spacial score (nSPS) is 28.3. The highest BCUT2D eigenvalue weighted by Gasteiger charge is 2.33. The second-order valence-corrected chi connectivity index (χ2v) is 6.82. The Balaban J connectivity index is 0.00000120. The zero-order valence-electron chi connectivity index (χ0n) is 10.9. The van der Waals surface area contributed by atoms with E-state index in [4.69, 9.17) is 10.7 Å². The van der Waals surface area contributed by atoms with E-state index in [2.05, 4.69) is 17.2 Å². The van der Waals surface area contributed by atoms with Gasteiger partial charge < -0.3 is 5.73 Å². The van der Waals surface area contributed by atoms with E-state index in [1.165, 1.54) is 36.5 Å². The Morgan fingerprint density at radius 3 is 2.94 bits per heavy atom. The molecular formula is C13H22ClN3S. The second-order valence-electron chi connectivity index (χ2n) is 5.93. The third kappa shape index (κ3) is 3.05. The summed E-state index contributed by atoms with van der Waals surface area (Å²) in [7, 11) is 0. The number of hydrogen-bond acceptors (Lipinski definition) is 4. The largest absolute Gasteiger partial charge is 0.330 e. The van der Waals surface area contributed by atoms with Crippen molar-refractivity contribution in [2.75, 3.05) is 19.6 Å². The number of rotatable bonds is 4. The van der Waals surface area contributed by atoms with Crippen LogP contribution in [0.1, 0.15) is 42.8 Å².